The van der Waals surface area contributed by atoms with E-state index in [1.54, 1.807) is 22.7 Å². The van der Waals surface area contributed by atoms with Crippen LogP contribution in [0.15, 0.2) is 24.4 Å². The van der Waals surface area contributed by atoms with Gasteiger partial charge in [-0.15, -0.1) is 0 Å². The monoisotopic (exact) mass is 589 g/mol. The van der Waals surface area contributed by atoms with Crippen molar-refractivity contribution in [1.29, 1.82) is 5.26 Å². The number of alkyl halides is 3. The van der Waals surface area contributed by atoms with Gasteiger partial charge in [-0.2, -0.15) is 28.6 Å². The van der Waals surface area contributed by atoms with Gasteiger partial charge in [0.2, 0.25) is 0 Å². The second-order valence-electron chi connectivity index (χ2n) is 12.1. The molecule has 1 aliphatic carbocycles. The van der Waals surface area contributed by atoms with Gasteiger partial charge in [0.15, 0.2) is 0 Å². The Morgan fingerprint density at radius 2 is 1.95 bits per heavy atom. The number of nitrogens with two attached hydrogens (primary N) is 1. The summed E-state index contributed by atoms with van der Waals surface area (Å²) in [7, 11) is 0. The Kier molecular flexibility index (Phi) is 7.01. The second kappa shape index (κ2) is 9.98. The third-order valence-electron chi connectivity index (χ3n) is 7.66. The molecule has 3 heterocycles. The van der Waals surface area contributed by atoms with Gasteiger partial charge in [-0.25, -0.2) is 9.48 Å². The highest BCUT2D eigenvalue weighted by Gasteiger charge is 2.51. The lowest BCUT2D eigenvalue weighted by atomic mass is 9.65. The van der Waals surface area contributed by atoms with E-state index in [-0.39, 0.29) is 40.5 Å². The molecule has 5 rings (SSSR count). The standard InChI is InChI=1S/C28H31ClF3N7O2/c1-16-22(14-38(35-16)13-17-7-18(28(30,31)32)9-19(29)8-17)23-21(12-33)24(34)39(36-23)20-10-27(11-20)5-6-37(15-27)25(40)41-26(2,3)4/h7-9,14,20H,5-6,10-11,13,15,34H2,1-4H3/t20-,27-. The first-order valence-corrected chi connectivity index (χ1v) is 13.6. The van der Waals surface area contributed by atoms with Crippen LogP contribution in [0.1, 0.15) is 68.5 Å². The van der Waals surface area contributed by atoms with E-state index >= 15 is 0 Å². The predicted octanol–water partition coefficient (Wildman–Crippen LogP) is 6.19. The number of nitriles is 1. The van der Waals surface area contributed by atoms with Crippen LogP contribution in [0.25, 0.3) is 11.3 Å². The number of ether oxygens (including phenoxy) is 1. The fourth-order valence-electron chi connectivity index (χ4n) is 5.81. The number of aryl methyl sites for hydroxylation is 1. The van der Waals surface area contributed by atoms with Crippen LogP contribution < -0.4 is 5.73 Å². The van der Waals surface area contributed by atoms with E-state index in [4.69, 9.17) is 27.2 Å². The van der Waals surface area contributed by atoms with Crippen LogP contribution in [0.3, 0.4) is 0 Å². The second-order valence-corrected chi connectivity index (χ2v) is 12.5. The lowest BCUT2D eigenvalue weighted by Crippen LogP contribution is -2.43. The fourth-order valence-corrected chi connectivity index (χ4v) is 6.07. The number of nitrogens with zero attached hydrogens (tertiary/aromatic N) is 6. The molecule has 9 nitrogen and oxygen atoms in total. The number of carbonyl (C=O) groups is 1. The number of anilines is 1. The minimum Gasteiger partial charge on any atom is -0.444 e. The minimum absolute atomic E-state index is 0.0213. The van der Waals surface area contributed by atoms with E-state index in [0.29, 0.717) is 35.6 Å². The molecule has 1 aliphatic heterocycles. The minimum atomic E-state index is -4.52. The molecule has 0 radical (unpaired) electrons. The van der Waals surface area contributed by atoms with Gasteiger partial charge in [-0.05, 0) is 76.1 Å². The molecule has 1 amide bonds. The van der Waals surface area contributed by atoms with Gasteiger partial charge >= 0.3 is 12.3 Å². The number of nitrogen functional groups attached to an aromatic ring is 1. The summed E-state index contributed by atoms with van der Waals surface area (Å²) < 4.78 is 48.5. The maximum atomic E-state index is 13.3. The average Bonchev–Trinajstić information content (AvgIpc) is 3.51. The summed E-state index contributed by atoms with van der Waals surface area (Å²) in [5.74, 6) is 0.251. The van der Waals surface area contributed by atoms with Crippen LogP contribution in [0.2, 0.25) is 5.02 Å². The van der Waals surface area contributed by atoms with Gasteiger partial charge in [-0.1, -0.05) is 11.6 Å². The number of carbonyl (C=O) groups excluding carboxylic acids is 1. The van der Waals surface area contributed by atoms with Crippen molar-refractivity contribution in [2.75, 3.05) is 18.8 Å². The number of amides is 1. The van der Waals surface area contributed by atoms with Crippen LogP contribution in [0, 0.1) is 23.7 Å². The highest BCUT2D eigenvalue weighted by atomic mass is 35.5. The van der Waals surface area contributed by atoms with Crippen molar-refractivity contribution >= 4 is 23.5 Å². The van der Waals surface area contributed by atoms with Gasteiger partial charge in [0, 0.05) is 29.9 Å². The van der Waals surface area contributed by atoms with Crippen LogP contribution >= 0.6 is 11.6 Å². The average molecular weight is 590 g/mol. The summed E-state index contributed by atoms with van der Waals surface area (Å²) in [6.45, 7) is 8.53. The van der Waals surface area contributed by atoms with Gasteiger partial charge in [-0.3, -0.25) is 4.68 Å². The number of hydrogen-bond donors (Lipinski definition) is 1. The number of hydrogen-bond acceptors (Lipinski definition) is 6. The zero-order valence-electron chi connectivity index (χ0n) is 23.2. The number of benzene rings is 1. The Hall–Kier alpha value is -3.72. The number of likely N-dealkylation sites (tertiary alicyclic amines) is 1. The van der Waals surface area contributed by atoms with Crippen molar-refractivity contribution in [2.45, 2.75) is 71.3 Å². The van der Waals surface area contributed by atoms with Gasteiger partial charge in [0.1, 0.15) is 28.7 Å². The number of rotatable bonds is 4. The summed E-state index contributed by atoms with van der Waals surface area (Å²) in [5.41, 5.74) is 7.00. The molecule has 2 N–H and O–H groups in total. The fraction of sp³-hybridized carbons (Fsp3) is 0.500. The van der Waals surface area contributed by atoms with E-state index in [1.165, 1.54) is 10.7 Å². The molecule has 41 heavy (non-hydrogen) atoms. The molecule has 0 unspecified atom stereocenters. The first-order chi connectivity index (χ1) is 19.1. The van der Waals surface area contributed by atoms with E-state index in [2.05, 4.69) is 11.2 Å². The van der Waals surface area contributed by atoms with Gasteiger partial charge in [0.25, 0.3) is 0 Å². The normalized spacial score (nSPS) is 20.8. The molecule has 1 aromatic carbocycles. The smallest absolute Gasteiger partial charge is 0.416 e. The van der Waals surface area contributed by atoms with Crippen LogP contribution in [0.4, 0.5) is 23.8 Å². The molecule has 0 bridgehead atoms. The van der Waals surface area contributed by atoms with Gasteiger partial charge < -0.3 is 15.4 Å². The summed E-state index contributed by atoms with van der Waals surface area (Å²) in [6.07, 6.45) is -0.815. The largest absolute Gasteiger partial charge is 0.444 e. The van der Waals surface area contributed by atoms with Crippen molar-refractivity contribution in [1.82, 2.24) is 24.5 Å². The highest BCUT2D eigenvalue weighted by molar-refractivity contribution is 6.30. The molecule has 3 aromatic rings. The Morgan fingerprint density at radius 1 is 1.24 bits per heavy atom. The van der Waals surface area contributed by atoms with Crippen LogP contribution in [0.5, 0.6) is 0 Å². The van der Waals surface area contributed by atoms with Gasteiger partial charge in [0.05, 0.1) is 23.8 Å². The van der Waals surface area contributed by atoms with E-state index in [0.717, 1.165) is 31.4 Å². The Labute approximate surface area is 240 Å². The SMILES string of the molecule is Cc1nn(Cc2cc(Cl)cc(C(F)(F)F)c2)cc1-c1nn([C@H]2C[C@@]3(CCN(C(=O)OC(C)(C)C)C3)C2)c(N)c1C#N. The zero-order valence-corrected chi connectivity index (χ0v) is 24.0. The van der Waals surface area contributed by atoms with Crippen molar-refractivity contribution in [3.8, 4) is 17.3 Å². The zero-order chi connectivity index (χ0) is 29.9. The van der Waals surface area contributed by atoms with Crippen molar-refractivity contribution in [3.63, 3.8) is 0 Å². The molecule has 2 aromatic heterocycles. The number of aromatic nitrogens is 4. The lowest BCUT2D eigenvalue weighted by Gasteiger charge is -2.45. The summed E-state index contributed by atoms with van der Waals surface area (Å²) in [4.78, 5) is 14.3. The quantitative estimate of drug-likeness (QED) is 0.388. The van der Waals surface area contributed by atoms with Crippen LogP contribution in [-0.4, -0.2) is 49.2 Å². The first kappa shape index (κ1) is 28.8. The van der Waals surface area contributed by atoms with E-state index in [1.807, 2.05) is 20.8 Å². The molecule has 13 heteroatoms. The maximum Gasteiger partial charge on any atom is 0.416 e. The molecular weight excluding hydrogens is 559 g/mol. The third-order valence-corrected chi connectivity index (χ3v) is 7.88. The topological polar surface area (TPSA) is 115 Å². The molecule has 1 saturated heterocycles. The maximum absolute atomic E-state index is 13.3. The van der Waals surface area contributed by atoms with Crippen molar-refractivity contribution in [3.05, 3.63) is 51.8 Å². The number of halogens is 4. The molecule has 0 atom stereocenters. The molecule has 1 saturated carbocycles. The van der Waals surface area contributed by atoms with E-state index < -0.39 is 17.3 Å². The Morgan fingerprint density at radius 3 is 2.59 bits per heavy atom. The van der Waals surface area contributed by atoms with Crippen molar-refractivity contribution < 1.29 is 22.7 Å². The molecule has 218 valence electrons. The van der Waals surface area contributed by atoms with Crippen molar-refractivity contribution in [2.24, 2.45) is 5.41 Å². The summed E-state index contributed by atoms with van der Waals surface area (Å²) in [5, 5.41) is 19.1. The predicted molar refractivity (Wildman–Crippen MR) is 146 cm³/mol. The first-order valence-electron chi connectivity index (χ1n) is 13.2. The Balaban J connectivity index is 1.34. The summed E-state index contributed by atoms with van der Waals surface area (Å²) >= 11 is 5.94. The molecular formula is C28H31ClF3N7O2. The molecule has 2 fully saturated rings. The Bertz CT molecular complexity index is 1540. The molecule has 2 aliphatic rings. The van der Waals surface area contributed by atoms with E-state index in [9.17, 15) is 23.2 Å². The highest BCUT2D eigenvalue weighted by Crippen LogP contribution is 2.55. The summed E-state index contributed by atoms with van der Waals surface area (Å²) in [6, 6.07) is 5.50. The van der Waals surface area contributed by atoms with Crippen LogP contribution in [-0.2, 0) is 17.5 Å². The lowest BCUT2D eigenvalue weighted by molar-refractivity contribution is -0.137. The third kappa shape index (κ3) is 5.73. The molecule has 1 spiro atoms.